The van der Waals surface area contributed by atoms with Crippen LogP contribution in [-0.4, -0.2) is 50.5 Å². The van der Waals surface area contributed by atoms with Gasteiger partial charge in [-0.15, -0.1) is 24.0 Å². The Morgan fingerprint density at radius 2 is 2.00 bits per heavy atom. The average molecular weight is 552 g/mol. The van der Waals surface area contributed by atoms with E-state index in [1.807, 2.05) is 12.1 Å². The highest BCUT2D eigenvalue weighted by Crippen LogP contribution is 2.36. The first-order chi connectivity index (χ1) is 14.0. The molecule has 0 radical (unpaired) electrons. The smallest absolute Gasteiger partial charge is 0.191 e. The second-order valence-corrected chi connectivity index (χ2v) is 8.92. The third-order valence-corrected chi connectivity index (χ3v) is 5.91. The normalized spacial score (nSPS) is 17.3. The van der Waals surface area contributed by atoms with E-state index < -0.39 is 0 Å². The van der Waals surface area contributed by atoms with Crippen LogP contribution >= 0.6 is 35.6 Å². The van der Waals surface area contributed by atoms with Gasteiger partial charge in [-0.2, -0.15) is 0 Å². The van der Waals surface area contributed by atoms with Crippen molar-refractivity contribution in [3.8, 4) is 0 Å². The molecular formula is C23H39ClIN3O2. The molecule has 30 heavy (non-hydrogen) atoms. The van der Waals surface area contributed by atoms with Crippen LogP contribution < -0.4 is 10.6 Å². The summed E-state index contributed by atoms with van der Waals surface area (Å²) in [7, 11) is 0. The number of nitrogens with one attached hydrogen (secondary N) is 2. The molecule has 1 aromatic carbocycles. The van der Waals surface area contributed by atoms with Gasteiger partial charge >= 0.3 is 0 Å². The van der Waals surface area contributed by atoms with E-state index in [-0.39, 0.29) is 36.0 Å². The number of ether oxygens (including phenoxy) is 1. The third kappa shape index (κ3) is 8.89. The van der Waals surface area contributed by atoms with Gasteiger partial charge in [-0.25, -0.2) is 0 Å². The fourth-order valence-corrected chi connectivity index (χ4v) is 4.27. The number of hydrogen-bond donors (Lipinski definition) is 3. The molecule has 1 unspecified atom stereocenters. The van der Waals surface area contributed by atoms with Crippen LogP contribution in [0.15, 0.2) is 29.3 Å². The Morgan fingerprint density at radius 1 is 1.27 bits per heavy atom. The molecule has 0 amide bonds. The van der Waals surface area contributed by atoms with Crippen LogP contribution in [-0.2, 0) is 10.2 Å². The first-order valence-electron chi connectivity index (χ1n) is 11.0. The lowest BCUT2D eigenvalue weighted by atomic mass is 9.74. The third-order valence-electron chi connectivity index (χ3n) is 5.67. The molecule has 0 spiro atoms. The Morgan fingerprint density at radius 3 is 2.60 bits per heavy atom. The molecule has 1 aromatic rings. The van der Waals surface area contributed by atoms with Gasteiger partial charge in [-0.3, -0.25) is 4.99 Å². The molecule has 1 aliphatic rings. The van der Waals surface area contributed by atoms with Gasteiger partial charge in [0.05, 0.1) is 6.54 Å². The zero-order chi connectivity index (χ0) is 21.1. The zero-order valence-corrected chi connectivity index (χ0v) is 21.7. The Hall–Kier alpha value is -0.570. The fourth-order valence-electron chi connectivity index (χ4n) is 4.08. The summed E-state index contributed by atoms with van der Waals surface area (Å²) in [5.74, 6) is 1.89. The van der Waals surface area contributed by atoms with Crippen molar-refractivity contribution in [2.24, 2.45) is 16.8 Å². The minimum absolute atomic E-state index is 0. The van der Waals surface area contributed by atoms with E-state index in [2.05, 4.69) is 43.5 Å². The topological polar surface area (TPSA) is 65.9 Å². The summed E-state index contributed by atoms with van der Waals surface area (Å²) < 4.78 is 5.64. The van der Waals surface area contributed by atoms with E-state index in [0.717, 1.165) is 63.0 Å². The first-order valence-corrected chi connectivity index (χ1v) is 11.3. The number of aliphatic hydroxyl groups is 1. The lowest BCUT2D eigenvalue weighted by Gasteiger charge is -2.37. The minimum atomic E-state index is -0.0477. The molecule has 172 valence electrons. The lowest BCUT2D eigenvalue weighted by Crippen LogP contribution is -2.42. The van der Waals surface area contributed by atoms with Crippen LogP contribution in [0.1, 0.15) is 52.0 Å². The van der Waals surface area contributed by atoms with Gasteiger partial charge in [0, 0.05) is 43.3 Å². The van der Waals surface area contributed by atoms with Crippen molar-refractivity contribution < 1.29 is 9.84 Å². The van der Waals surface area contributed by atoms with Gasteiger partial charge in [0.1, 0.15) is 0 Å². The van der Waals surface area contributed by atoms with Crippen molar-refractivity contribution in [3.05, 3.63) is 34.9 Å². The summed E-state index contributed by atoms with van der Waals surface area (Å²) in [4.78, 5) is 4.96. The van der Waals surface area contributed by atoms with Crippen LogP contribution in [0.3, 0.4) is 0 Å². The van der Waals surface area contributed by atoms with Crippen molar-refractivity contribution >= 4 is 41.5 Å². The largest absolute Gasteiger partial charge is 0.396 e. The molecule has 2 rings (SSSR count). The number of halogens is 2. The summed E-state index contributed by atoms with van der Waals surface area (Å²) in [6.45, 7) is 10.6. The van der Waals surface area contributed by atoms with Crippen molar-refractivity contribution in [1.82, 2.24) is 10.6 Å². The maximum atomic E-state index is 9.38. The average Bonchev–Trinajstić information content (AvgIpc) is 2.70. The molecule has 1 atom stereocenters. The SMILES string of the molecule is CCNC(=NCC1(c2cccc(Cl)c2)CCOCC1)NCC(CCO)CC(C)C.I. The number of guanidine groups is 1. The number of aliphatic hydroxyl groups excluding tert-OH is 1. The monoisotopic (exact) mass is 551 g/mol. The molecule has 1 heterocycles. The summed E-state index contributed by atoms with van der Waals surface area (Å²) in [6, 6.07) is 8.17. The predicted molar refractivity (Wildman–Crippen MR) is 137 cm³/mol. The number of hydrogen-bond acceptors (Lipinski definition) is 3. The van der Waals surface area contributed by atoms with E-state index >= 15 is 0 Å². The van der Waals surface area contributed by atoms with Gasteiger partial charge < -0.3 is 20.5 Å². The molecule has 0 aliphatic carbocycles. The molecule has 0 bridgehead atoms. The minimum Gasteiger partial charge on any atom is -0.396 e. The second-order valence-electron chi connectivity index (χ2n) is 8.49. The molecular weight excluding hydrogens is 513 g/mol. The number of aliphatic imine (C=N–C) groups is 1. The summed E-state index contributed by atoms with van der Waals surface area (Å²) in [6.07, 6.45) is 3.79. The van der Waals surface area contributed by atoms with Crippen LogP contribution in [0, 0.1) is 11.8 Å². The summed E-state index contributed by atoms with van der Waals surface area (Å²) >= 11 is 6.28. The van der Waals surface area contributed by atoms with Gasteiger partial charge in [-0.05, 0) is 62.1 Å². The van der Waals surface area contributed by atoms with Crippen molar-refractivity contribution in [3.63, 3.8) is 0 Å². The standard InChI is InChI=1S/C23H38ClN3O2.HI/c1-4-25-22(26-16-19(8-11-28)14-18(2)3)27-17-23(9-12-29-13-10-23)20-6-5-7-21(24)15-20;/h5-7,15,18-19,28H,4,8-14,16-17H2,1-3H3,(H2,25,26,27);1H. The molecule has 5 nitrogen and oxygen atoms in total. The van der Waals surface area contributed by atoms with Crippen molar-refractivity contribution in [2.75, 3.05) is 39.5 Å². The molecule has 0 aromatic heterocycles. The summed E-state index contributed by atoms with van der Waals surface area (Å²) in [5, 5.41) is 17.0. The van der Waals surface area contributed by atoms with Crippen LogP contribution in [0.4, 0.5) is 0 Å². The fraction of sp³-hybridized carbons (Fsp3) is 0.696. The van der Waals surface area contributed by atoms with E-state index in [1.54, 1.807) is 0 Å². The van der Waals surface area contributed by atoms with Crippen LogP contribution in [0.2, 0.25) is 5.02 Å². The molecule has 3 N–H and O–H groups in total. The van der Waals surface area contributed by atoms with E-state index in [4.69, 9.17) is 21.3 Å². The van der Waals surface area contributed by atoms with Crippen molar-refractivity contribution in [1.29, 1.82) is 0 Å². The lowest BCUT2D eigenvalue weighted by molar-refractivity contribution is 0.0531. The zero-order valence-electron chi connectivity index (χ0n) is 18.6. The highest BCUT2D eigenvalue weighted by Gasteiger charge is 2.34. The molecule has 1 saturated heterocycles. The Kier molecular flexibility index (Phi) is 13.3. The molecule has 0 saturated carbocycles. The highest BCUT2D eigenvalue weighted by atomic mass is 127. The maximum Gasteiger partial charge on any atom is 0.191 e. The maximum absolute atomic E-state index is 9.38. The van der Waals surface area contributed by atoms with Gasteiger partial charge in [-0.1, -0.05) is 37.6 Å². The number of nitrogens with zero attached hydrogens (tertiary/aromatic N) is 1. The van der Waals surface area contributed by atoms with Gasteiger partial charge in [0.15, 0.2) is 5.96 Å². The quantitative estimate of drug-likeness (QED) is 0.226. The first kappa shape index (κ1) is 27.5. The number of benzene rings is 1. The second kappa shape index (κ2) is 14.5. The summed E-state index contributed by atoms with van der Waals surface area (Å²) in [5.41, 5.74) is 1.19. The van der Waals surface area contributed by atoms with Crippen molar-refractivity contribution in [2.45, 2.75) is 51.9 Å². The Labute approximate surface area is 204 Å². The van der Waals surface area contributed by atoms with Gasteiger partial charge in [0.25, 0.3) is 0 Å². The van der Waals surface area contributed by atoms with Crippen LogP contribution in [0.5, 0.6) is 0 Å². The molecule has 1 aliphatic heterocycles. The van der Waals surface area contributed by atoms with E-state index in [0.29, 0.717) is 18.4 Å². The van der Waals surface area contributed by atoms with Crippen LogP contribution in [0.25, 0.3) is 0 Å². The Bertz CT molecular complexity index is 637. The molecule has 7 heteroatoms. The predicted octanol–water partition coefficient (Wildman–Crippen LogP) is 4.61. The van der Waals surface area contributed by atoms with E-state index in [1.165, 1.54) is 5.56 Å². The Balaban J connectivity index is 0.00000450. The van der Waals surface area contributed by atoms with Gasteiger partial charge in [0.2, 0.25) is 0 Å². The number of rotatable bonds is 10. The van der Waals surface area contributed by atoms with E-state index in [9.17, 15) is 5.11 Å². The molecule has 1 fully saturated rings. The highest BCUT2D eigenvalue weighted by molar-refractivity contribution is 14.0.